The van der Waals surface area contributed by atoms with Crippen molar-refractivity contribution in [1.29, 1.82) is 0 Å². The highest BCUT2D eigenvalue weighted by Crippen LogP contribution is 2.36. The van der Waals surface area contributed by atoms with Crippen molar-refractivity contribution >= 4 is 5.91 Å². The number of nitrogens with zero attached hydrogens (tertiary/aromatic N) is 5. The highest BCUT2D eigenvalue weighted by molar-refractivity contribution is 5.94. The Balaban J connectivity index is 1.16. The molecule has 4 unspecified atom stereocenters. The minimum atomic E-state index is -0.243. The third kappa shape index (κ3) is 4.47. The van der Waals surface area contributed by atoms with E-state index in [0.717, 1.165) is 30.8 Å². The molecule has 182 valence electrons. The van der Waals surface area contributed by atoms with Gasteiger partial charge in [-0.2, -0.15) is 0 Å². The van der Waals surface area contributed by atoms with E-state index in [2.05, 4.69) is 43.9 Å². The van der Waals surface area contributed by atoms with Gasteiger partial charge in [0.15, 0.2) is 5.82 Å². The monoisotopic (exact) mass is 474 g/mol. The Morgan fingerprint density at radius 1 is 1.06 bits per heavy atom. The summed E-state index contributed by atoms with van der Waals surface area (Å²) in [7, 11) is 0. The summed E-state index contributed by atoms with van der Waals surface area (Å²) >= 11 is 0. The van der Waals surface area contributed by atoms with Crippen LogP contribution >= 0.6 is 0 Å². The largest absolute Gasteiger partial charge is 0.371 e. The molecule has 3 saturated heterocycles. The van der Waals surface area contributed by atoms with Crippen molar-refractivity contribution < 1.29 is 14.3 Å². The topological polar surface area (TPSA) is 94.4 Å². The normalized spacial score (nSPS) is 26.2. The molecule has 3 fully saturated rings. The van der Waals surface area contributed by atoms with Gasteiger partial charge in [0.05, 0.1) is 19.3 Å². The van der Waals surface area contributed by atoms with Gasteiger partial charge in [-0.1, -0.05) is 35.9 Å². The van der Waals surface area contributed by atoms with E-state index in [1.165, 1.54) is 18.4 Å². The number of tetrazole rings is 1. The summed E-state index contributed by atoms with van der Waals surface area (Å²) in [6.07, 6.45) is 2.07. The highest BCUT2D eigenvalue weighted by atomic mass is 16.6. The molecule has 35 heavy (non-hydrogen) atoms. The minimum Gasteiger partial charge on any atom is -0.371 e. The Labute approximate surface area is 204 Å². The van der Waals surface area contributed by atoms with Crippen molar-refractivity contribution in [2.45, 2.75) is 50.6 Å². The van der Waals surface area contributed by atoms with Crippen LogP contribution in [-0.2, 0) is 16.0 Å². The maximum atomic E-state index is 12.7. The smallest absolute Gasteiger partial charge is 0.251 e. The average molecular weight is 475 g/mol. The first kappa shape index (κ1) is 22.3. The number of likely N-dealkylation sites (tertiary alicyclic amines) is 1. The first-order valence-corrected chi connectivity index (χ1v) is 12.4. The lowest BCUT2D eigenvalue weighted by atomic mass is 10.0. The maximum Gasteiger partial charge on any atom is 0.251 e. The standard InChI is InChI=1S/C26H30N6O3/c1-17-7-9-19(10-8-17)26(33)27-21-15-34-24-22(16-35-23(21)24)32-25(28-29-30-32)20-6-4-5-18(13-20)14-31-11-2-3-12-31/h4-10,13,21-24H,2-3,11-12,14-16H2,1H3,(H,27,33). The van der Waals surface area contributed by atoms with Crippen molar-refractivity contribution in [2.75, 3.05) is 26.3 Å². The number of rotatable bonds is 6. The number of hydrogen-bond donors (Lipinski definition) is 1. The highest BCUT2D eigenvalue weighted by Gasteiger charge is 2.50. The van der Waals surface area contributed by atoms with E-state index < -0.39 is 0 Å². The van der Waals surface area contributed by atoms with Gasteiger partial charge in [0.2, 0.25) is 0 Å². The fraction of sp³-hybridized carbons (Fsp3) is 0.462. The summed E-state index contributed by atoms with van der Waals surface area (Å²) in [5.74, 6) is 0.586. The molecule has 1 N–H and O–H groups in total. The third-order valence-corrected chi connectivity index (χ3v) is 7.25. The molecule has 6 rings (SSSR count). The number of aromatic nitrogens is 4. The fourth-order valence-corrected chi connectivity index (χ4v) is 5.38. The zero-order valence-electron chi connectivity index (χ0n) is 19.8. The average Bonchev–Trinajstić information content (AvgIpc) is 3.66. The number of fused-ring (bicyclic) bond motifs is 1. The number of benzene rings is 2. The van der Waals surface area contributed by atoms with Gasteiger partial charge < -0.3 is 14.8 Å². The van der Waals surface area contributed by atoms with E-state index in [1.807, 2.05) is 41.9 Å². The van der Waals surface area contributed by atoms with Crippen molar-refractivity contribution in [3.05, 3.63) is 65.2 Å². The molecule has 4 heterocycles. The summed E-state index contributed by atoms with van der Waals surface area (Å²) in [4.78, 5) is 15.2. The van der Waals surface area contributed by atoms with Gasteiger partial charge >= 0.3 is 0 Å². The third-order valence-electron chi connectivity index (χ3n) is 7.25. The van der Waals surface area contributed by atoms with Crippen LogP contribution < -0.4 is 5.32 Å². The van der Waals surface area contributed by atoms with E-state index >= 15 is 0 Å². The summed E-state index contributed by atoms with van der Waals surface area (Å²) in [6.45, 7) is 6.08. The number of nitrogens with one attached hydrogen (secondary N) is 1. The first-order valence-electron chi connectivity index (χ1n) is 12.4. The second-order valence-electron chi connectivity index (χ2n) is 9.74. The molecular weight excluding hydrogens is 444 g/mol. The van der Waals surface area contributed by atoms with E-state index in [-0.39, 0.29) is 30.2 Å². The summed E-state index contributed by atoms with van der Waals surface area (Å²) < 4.78 is 14.1. The minimum absolute atomic E-state index is 0.121. The molecule has 3 aliphatic heterocycles. The molecule has 4 atom stereocenters. The number of aryl methyl sites for hydroxylation is 1. The van der Waals surface area contributed by atoms with Crippen LogP contribution in [0.2, 0.25) is 0 Å². The van der Waals surface area contributed by atoms with Crippen molar-refractivity contribution in [3.63, 3.8) is 0 Å². The fourth-order valence-electron chi connectivity index (χ4n) is 5.38. The van der Waals surface area contributed by atoms with Crippen LogP contribution in [0.4, 0.5) is 0 Å². The lowest BCUT2D eigenvalue weighted by molar-refractivity contribution is 0.0615. The molecule has 9 heteroatoms. The summed E-state index contributed by atoms with van der Waals surface area (Å²) in [5, 5.41) is 15.7. The molecule has 0 bridgehead atoms. The SMILES string of the molecule is Cc1ccc(C(=O)NC2COC3C2OCC3n2nnnc2-c2cccc(CN3CCCC3)c2)cc1. The second-order valence-corrected chi connectivity index (χ2v) is 9.74. The van der Waals surface area contributed by atoms with E-state index in [4.69, 9.17) is 9.47 Å². The Kier molecular flexibility index (Phi) is 6.05. The van der Waals surface area contributed by atoms with Gasteiger partial charge in [0, 0.05) is 17.7 Å². The molecule has 1 amide bonds. The van der Waals surface area contributed by atoms with E-state index in [0.29, 0.717) is 24.6 Å². The molecule has 9 nitrogen and oxygen atoms in total. The van der Waals surface area contributed by atoms with Crippen LogP contribution in [0.5, 0.6) is 0 Å². The van der Waals surface area contributed by atoms with Crippen LogP contribution in [0.1, 0.15) is 40.4 Å². The molecule has 3 aliphatic rings. The second kappa shape index (κ2) is 9.49. The van der Waals surface area contributed by atoms with Crippen molar-refractivity contribution in [2.24, 2.45) is 0 Å². The molecule has 0 saturated carbocycles. The van der Waals surface area contributed by atoms with Crippen LogP contribution in [0.3, 0.4) is 0 Å². The number of carbonyl (C=O) groups excluding carboxylic acids is 1. The van der Waals surface area contributed by atoms with Crippen molar-refractivity contribution in [1.82, 2.24) is 30.4 Å². The lowest BCUT2D eigenvalue weighted by Crippen LogP contribution is -2.44. The number of carbonyl (C=O) groups is 1. The van der Waals surface area contributed by atoms with Crippen LogP contribution in [0.15, 0.2) is 48.5 Å². The molecule has 0 spiro atoms. The Morgan fingerprint density at radius 2 is 1.86 bits per heavy atom. The molecular formula is C26H30N6O3. The summed E-state index contributed by atoms with van der Waals surface area (Å²) in [5.41, 5.74) is 3.99. The van der Waals surface area contributed by atoms with Crippen molar-refractivity contribution in [3.8, 4) is 11.4 Å². The van der Waals surface area contributed by atoms with E-state index in [9.17, 15) is 4.79 Å². The predicted molar refractivity (Wildman–Crippen MR) is 129 cm³/mol. The Morgan fingerprint density at radius 3 is 2.69 bits per heavy atom. The molecule has 0 radical (unpaired) electrons. The van der Waals surface area contributed by atoms with Gasteiger partial charge in [-0.15, -0.1) is 5.10 Å². The molecule has 0 aliphatic carbocycles. The van der Waals surface area contributed by atoms with Gasteiger partial charge in [-0.25, -0.2) is 4.68 Å². The predicted octanol–water partition coefficient (Wildman–Crippen LogP) is 2.38. The van der Waals surface area contributed by atoms with Gasteiger partial charge in [-0.3, -0.25) is 9.69 Å². The number of hydrogen-bond acceptors (Lipinski definition) is 7. The Bertz CT molecular complexity index is 1190. The maximum absolute atomic E-state index is 12.7. The van der Waals surface area contributed by atoms with Crippen LogP contribution in [0.25, 0.3) is 11.4 Å². The molecule has 3 aromatic rings. The van der Waals surface area contributed by atoms with Gasteiger partial charge in [-0.05, 0) is 67.0 Å². The summed E-state index contributed by atoms with van der Waals surface area (Å²) in [6, 6.07) is 15.6. The molecule has 2 aromatic carbocycles. The van der Waals surface area contributed by atoms with E-state index in [1.54, 1.807) is 0 Å². The number of ether oxygens (including phenoxy) is 2. The zero-order valence-corrected chi connectivity index (χ0v) is 19.8. The quantitative estimate of drug-likeness (QED) is 0.586. The Hall–Kier alpha value is -3.14. The van der Waals surface area contributed by atoms with Gasteiger partial charge in [0.1, 0.15) is 18.2 Å². The molecule has 1 aromatic heterocycles. The zero-order chi connectivity index (χ0) is 23.8. The lowest BCUT2D eigenvalue weighted by Gasteiger charge is -2.18. The van der Waals surface area contributed by atoms with Crippen LogP contribution in [0, 0.1) is 6.92 Å². The first-order chi connectivity index (χ1) is 17.2. The number of amides is 1. The van der Waals surface area contributed by atoms with Gasteiger partial charge in [0.25, 0.3) is 5.91 Å². The van der Waals surface area contributed by atoms with Crippen LogP contribution in [-0.4, -0.2) is 75.6 Å².